The number of phenols is 1. The Morgan fingerprint density at radius 2 is 1.78 bits per heavy atom. The molecule has 0 aromatic heterocycles. The molecule has 0 fully saturated rings. The molecule has 164 valence electrons. The lowest BCUT2D eigenvalue weighted by atomic mass is 9.89. The second-order valence-corrected chi connectivity index (χ2v) is 8.30. The molecular formula is C25H22ClFN2O3. The summed E-state index contributed by atoms with van der Waals surface area (Å²) >= 11 is 6.03. The van der Waals surface area contributed by atoms with Crippen LogP contribution in [0.5, 0.6) is 5.75 Å². The van der Waals surface area contributed by atoms with Crippen LogP contribution >= 0.6 is 11.6 Å². The van der Waals surface area contributed by atoms with Crippen molar-refractivity contribution in [1.29, 1.82) is 0 Å². The lowest BCUT2D eigenvalue weighted by Crippen LogP contribution is -2.47. The Hall–Kier alpha value is -3.38. The predicted octanol–water partition coefficient (Wildman–Crippen LogP) is 5.72. The maximum atomic E-state index is 13.5. The Morgan fingerprint density at radius 1 is 1.09 bits per heavy atom. The fourth-order valence-corrected chi connectivity index (χ4v) is 4.43. The molecule has 0 aliphatic carbocycles. The van der Waals surface area contributed by atoms with E-state index in [1.165, 1.54) is 13.0 Å². The summed E-state index contributed by atoms with van der Waals surface area (Å²) in [6.45, 7) is 3.42. The summed E-state index contributed by atoms with van der Waals surface area (Å²) in [5, 5.41) is 10.3. The van der Waals surface area contributed by atoms with E-state index in [1.807, 2.05) is 31.2 Å². The van der Waals surface area contributed by atoms with Crippen LogP contribution in [-0.2, 0) is 4.79 Å². The normalized spacial score (nSPS) is 17.6. The average molecular weight is 453 g/mol. The Morgan fingerprint density at radius 3 is 2.44 bits per heavy atom. The van der Waals surface area contributed by atoms with Crippen molar-refractivity contribution >= 4 is 34.8 Å². The zero-order valence-corrected chi connectivity index (χ0v) is 18.4. The average Bonchev–Trinajstić information content (AvgIpc) is 2.76. The Balaban J connectivity index is 1.78. The van der Waals surface area contributed by atoms with Gasteiger partial charge in [0.25, 0.3) is 5.91 Å². The highest BCUT2D eigenvalue weighted by Gasteiger charge is 2.38. The number of phenolic OH excluding ortho intramolecular Hbond substituents is 1. The van der Waals surface area contributed by atoms with Crippen LogP contribution in [0.4, 0.5) is 15.8 Å². The van der Waals surface area contributed by atoms with E-state index in [-0.39, 0.29) is 29.5 Å². The van der Waals surface area contributed by atoms with Gasteiger partial charge in [0, 0.05) is 34.9 Å². The van der Waals surface area contributed by atoms with Crippen molar-refractivity contribution in [3.63, 3.8) is 0 Å². The summed E-state index contributed by atoms with van der Waals surface area (Å²) in [6, 6.07) is 17.5. The first-order chi connectivity index (χ1) is 15.3. The van der Waals surface area contributed by atoms with Crippen LogP contribution in [0.2, 0.25) is 5.02 Å². The number of fused-ring (bicyclic) bond motifs is 1. The summed E-state index contributed by atoms with van der Waals surface area (Å²) in [5.74, 6) is -1.83. The molecule has 1 aliphatic rings. The number of hydrogen-bond donors (Lipinski definition) is 1. The lowest BCUT2D eigenvalue weighted by molar-refractivity contribution is -0.117. The third-order valence-electron chi connectivity index (χ3n) is 5.73. The van der Waals surface area contributed by atoms with Crippen molar-refractivity contribution in [2.24, 2.45) is 0 Å². The minimum atomic E-state index is -0.784. The summed E-state index contributed by atoms with van der Waals surface area (Å²) < 4.78 is 13.5. The van der Waals surface area contributed by atoms with Gasteiger partial charge in [-0.2, -0.15) is 0 Å². The molecular weight excluding hydrogens is 431 g/mol. The Kier molecular flexibility index (Phi) is 5.89. The van der Waals surface area contributed by atoms with Gasteiger partial charge < -0.3 is 14.9 Å². The van der Waals surface area contributed by atoms with E-state index in [4.69, 9.17) is 11.6 Å². The molecule has 2 amide bonds. The van der Waals surface area contributed by atoms with Crippen molar-refractivity contribution < 1.29 is 19.1 Å². The highest BCUT2D eigenvalue weighted by molar-refractivity contribution is 6.30. The third kappa shape index (κ3) is 3.94. The van der Waals surface area contributed by atoms with Gasteiger partial charge in [0.15, 0.2) is 11.6 Å². The van der Waals surface area contributed by atoms with E-state index >= 15 is 0 Å². The van der Waals surface area contributed by atoms with Gasteiger partial charge in [0.2, 0.25) is 5.91 Å². The number of nitrogens with zero attached hydrogens (tertiary/aromatic N) is 2. The summed E-state index contributed by atoms with van der Waals surface area (Å²) in [5.41, 5.74) is 2.41. The lowest BCUT2D eigenvalue weighted by Gasteiger charge is -2.43. The standard InChI is InChI=1S/C25H22ClFN2O3/c1-15-13-23(29(16(2)30)19-10-8-18(26)9-11-19)20-5-3-4-6-22(20)28(15)25(32)17-7-12-21(27)24(31)14-17/h3-12,14-15,23,31H,13H2,1-2H3. The van der Waals surface area contributed by atoms with Gasteiger partial charge in [-0.1, -0.05) is 29.8 Å². The van der Waals surface area contributed by atoms with Gasteiger partial charge in [-0.05, 0) is 67.4 Å². The molecule has 5 nitrogen and oxygen atoms in total. The van der Waals surface area contributed by atoms with E-state index in [2.05, 4.69) is 0 Å². The number of carbonyl (C=O) groups is 2. The van der Waals surface area contributed by atoms with E-state index in [0.29, 0.717) is 17.1 Å². The first-order valence-corrected chi connectivity index (χ1v) is 10.6. The number of halogens is 2. The molecule has 32 heavy (non-hydrogen) atoms. The summed E-state index contributed by atoms with van der Waals surface area (Å²) in [4.78, 5) is 29.4. The second kappa shape index (κ2) is 8.63. The molecule has 0 spiro atoms. The van der Waals surface area contributed by atoms with Crippen LogP contribution in [0, 0.1) is 5.82 Å². The Bertz CT molecular complexity index is 1180. The molecule has 1 N–H and O–H groups in total. The van der Waals surface area contributed by atoms with E-state index in [1.54, 1.807) is 34.1 Å². The molecule has 1 heterocycles. The van der Waals surface area contributed by atoms with E-state index < -0.39 is 11.6 Å². The Labute approximate surface area is 190 Å². The number of anilines is 2. The van der Waals surface area contributed by atoms with Crippen molar-refractivity contribution in [2.45, 2.75) is 32.4 Å². The number of hydrogen-bond acceptors (Lipinski definition) is 3. The zero-order valence-electron chi connectivity index (χ0n) is 17.6. The number of aromatic hydroxyl groups is 1. The minimum absolute atomic E-state index is 0.123. The van der Waals surface area contributed by atoms with Crippen LogP contribution in [0.25, 0.3) is 0 Å². The highest BCUT2D eigenvalue weighted by atomic mass is 35.5. The van der Waals surface area contributed by atoms with Crippen molar-refractivity contribution in [1.82, 2.24) is 0 Å². The number of benzene rings is 3. The molecule has 2 atom stereocenters. The van der Waals surface area contributed by atoms with Crippen LogP contribution in [0.1, 0.15) is 42.2 Å². The molecule has 0 bridgehead atoms. The van der Waals surface area contributed by atoms with Crippen molar-refractivity contribution in [3.8, 4) is 5.75 Å². The SMILES string of the molecule is CC(=O)N(c1ccc(Cl)cc1)C1CC(C)N(C(=O)c2ccc(F)c(O)c2)c2ccccc21. The number of para-hydroxylation sites is 1. The van der Waals surface area contributed by atoms with Gasteiger partial charge in [-0.15, -0.1) is 0 Å². The fraction of sp³-hybridized carbons (Fsp3) is 0.200. The van der Waals surface area contributed by atoms with Gasteiger partial charge in [0.1, 0.15) is 0 Å². The molecule has 0 radical (unpaired) electrons. The van der Waals surface area contributed by atoms with Crippen LogP contribution in [0.15, 0.2) is 66.7 Å². The van der Waals surface area contributed by atoms with Crippen LogP contribution in [0.3, 0.4) is 0 Å². The second-order valence-electron chi connectivity index (χ2n) is 7.87. The van der Waals surface area contributed by atoms with Gasteiger partial charge in [0.05, 0.1) is 6.04 Å². The van der Waals surface area contributed by atoms with Gasteiger partial charge in [-0.25, -0.2) is 4.39 Å². The first-order valence-electron chi connectivity index (χ1n) is 10.2. The molecule has 0 saturated heterocycles. The predicted molar refractivity (Wildman–Crippen MR) is 123 cm³/mol. The number of amides is 2. The summed E-state index contributed by atoms with van der Waals surface area (Å²) in [7, 11) is 0. The topological polar surface area (TPSA) is 60.9 Å². The monoisotopic (exact) mass is 452 g/mol. The van der Waals surface area contributed by atoms with Gasteiger partial charge >= 0.3 is 0 Å². The highest BCUT2D eigenvalue weighted by Crippen LogP contribution is 2.43. The van der Waals surface area contributed by atoms with E-state index in [9.17, 15) is 19.1 Å². The third-order valence-corrected chi connectivity index (χ3v) is 5.98. The zero-order chi connectivity index (χ0) is 23.0. The maximum absolute atomic E-state index is 13.5. The summed E-state index contributed by atoms with van der Waals surface area (Å²) in [6.07, 6.45) is 0.498. The smallest absolute Gasteiger partial charge is 0.258 e. The molecule has 7 heteroatoms. The number of rotatable bonds is 3. The van der Waals surface area contributed by atoms with Crippen molar-refractivity contribution in [3.05, 3.63) is 88.7 Å². The largest absolute Gasteiger partial charge is 0.505 e. The molecule has 0 saturated carbocycles. The first kappa shape index (κ1) is 21.8. The maximum Gasteiger partial charge on any atom is 0.258 e. The molecule has 4 rings (SSSR count). The quantitative estimate of drug-likeness (QED) is 0.553. The number of carbonyl (C=O) groups excluding carboxylic acids is 2. The van der Waals surface area contributed by atoms with Crippen molar-refractivity contribution in [2.75, 3.05) is 9.80 Å². The fourth-order valence-electron chi connectivity index (χ4n) is 4.30. The van der Waals surface area contributed by atoms with E-state index in [0.717, 1.165) is 23.4 Å². The minimum Gasteiger partial charge on any atom is -0.505 e. The van der Waals surface area contributed by atoms with Crippen LogP contribution in [-0.4, -0.2) is 23.0 Å². The molecule has 2 unspecified atom stereocenters. The van der Waals surface area contributed by atoms with Crippen LogP contribution < -0.4 is 9.80 Å². The molecule has 3 aromatic rings. The molecule has 1 aliphatic heterocycles. The molecule has 3 aromatic carbocycles. The van der Waals surface area contributed by atoms with Gasteiger partial charge in [-0.3, -0.25) is 9.59 Å².